The molecule has 30 heavy (non-hydrogen) atoms. The summed E-state index contributed by atoms with van der Waals surface area (Å²) in [4.78, 5) is 29.9. The lowest BCUT2D eigenvalue weighted by atomic mass is 10.1. The van der Waals surface area contributed by atoms with Crippen LogP contribution < -0.4 is 16.0 Å². The number of halogens is 1. The molecule has 0 aliphatic heterocycles. The molecule has 2 aromatic heterocycles. The second-order valence-corrected chi connectivity index (χ2v) is 8.20. The summed E-state index contributed by atoms with van der Waals surface area (Å²) in [6, 6.07) is 20.3. The molecule has 2 heterocycles. The van der Waals surface area contributed by atoms with Gasteiger partial charge in [-0.2, -0.15) is 0 Å². The molecule has 0 bridgehead atoms. The summed E-state index contributed by atoms with van der Waals surface area (Å²) in [6.07, 6.45) is 0. The van der Waals surface area contributed by atoms with Gasteiger partial charge in [0.05, 0.1) is 28.9 Å². The lowest BCUT2D eigenvalue weighted by Gasteiger charge is -2.08. The van der Waals surface area contributed by atoms with Gasteiger partial charge in [0.2, 0.25) is 0 Å². The topological polar surface area (TPSA) is 64.1 Å². The van der Waals surface area contributed by atoms with Crippen molar-refractivity contribution >= 4 is 43.9 Å². The van der Waals surface area contributed by atoms with E-state index in [1.54, 1.807) is 31.4 Å². The van der Waals surface area contributed by atoms with Crippen LogP contribution in [0.5, 0.6) is 5.75 Å². The van der Waals surface area contributed by atoms with Crippen LogP contribution in [0.3, 0.4) is 0 Å². The van der Waals surface area contributed by atoms with Gasteiger partial charge in [-0.1, -0.05) is 54.1 Å². The zero-order chi connectivity index (χ0) is 20.8. The number of ether oxygens (including phenoxy) is 1. The van der Waals surface area contributed by atoms with E-state index in [9.17, 15) is 9.59 Å². The summed E-state index contributed by atoms with van der Waals surface area (Å²) in [5.41, 5.74) is 0.863. The van der Waals surface area contributed by atoms with Gasteiger partial charge < -0.3 is 9.72 Å². The van der Waals surface area contributed by atoms with Crippen molar-refractivity contribution in [1.82, 2.24) is 9.55 Å². The lowest BCUT2D eigenvalue weighted by Crippen LogP contribution is -2.33. The van der Waals surface area contributed by atoms with Gasteiger partial charge in [0, 0.05) is 10.3 Å². The highest BCUT2D eigenvalue weighted by Crippen LogP contribution is 2.41. The van der Waals surface area contributed by atoms with Crippen molar-refractivity contribution in [2.45, 2.75) is 0 Å². The van der Waals surface area contributed by atoms with Gasteiger partial charge in [-0.25, -0.2) is 9.36 Å². The van der Waals surface area contributed by atoms with E-state index in [1.807, 2.05) is 42.5 Å². The van der Waals surface area contributed by atoms with Crippen LogP contribution in [-0.2, 0) is 0 Å². The molecule has 7 heteroatoms. The van der Waals surface area contributed by atoms with Gasteiger partial charge in [0.1, 0.15) is 10.4 Å². The standard InChI is InChI=1S/C23H15ClN2O3S/c1-29-18-11-5-9-15(24)20(18)19-12-16-21(30-19)22(27)26(23(28)25-16)17-10-4-7-13-6-2-3-8-14(13)17/h2-12H,1H3,(H,25,28). The predicted molar refractivity (Wildman–Crippen MR) is 123 cm³/mol. The fraction of sp³-hybridized carbons (Fsp3) is 0.0435. The lowest BCUT2D eigenvalue weighted by molar-refractivity contribution is 0.416. The Morgan fingerprint density at radius 3 is 2.60 bits per heavy atom. The predicted octanol–water partition coefficient (Wildman–Crippen LogP) is 5.22. The highest BCUT2D eigenvalue weighted by molar-refractivity contribution is 7.22. The molecule has 0 saturated heterocycles. The zero-order valence-electron chi connectivity index (χ0n) is 15.8. The number of hydrogen-bond donors (Lipinski definition) is 1. The Kier molecular flexibility index (Phi) is 4.46. The van der Waals surface area contributed by atoms with E-state index in [4.69, 9.17) is 16.3 Å². The van der Waals surface area contributed by atoms with E-state index < -0.39 is 5.69 Å². The molecule has 0 amide bonds. The van der Waals surface area contributed by atoms with Crippen LogP contribution in [-0.4, -0.2) is 16.7 Å². The molecular formula is C23H15ClN2O3S. The summed E-state index contributed by atoms with van der Waals surface area (Å²) in [5, 5.41) is 2.29. The highest BCUT2D eigenvalue weighted by atomic mass is 35.5. The van der Waals surface area contributed by atoms with Gasteiger partial charge in [-0.05, 0) is 29.7 Å². The molecule has 5 rings (SSSR count). The molecule has 0 radical (unpaired) electrons. The third-order valence-electron chi connectivity index (χ3n) is 5.02. The number of thiophene rings is 1. The number of H-pyrrole nitrogens is 1. The summed E-state index contributed by atoms with van der Waals surface area (Å²) in [5.74, 6) is 0.603. The molecule has 1 N–H and O–H groups in total. The normalized spacial score (nSPS) is 11.3. The van der Waals surface area contributed by atoms with E-state index in [-0.39, 0.29) is 5.56 Å². The maximum atomic E-state index is 13.4. The Morgan fingerprint density at radius 2 is 1.77 bits per heavy atom. The molecule has 0 unspecified atom stereocenters. The number of nitrogens with zero attached hydrogens (tertiary/aromatic N) is 1. The Bertz CT molecular complexity index is 1540. The van der Waals surface area contributed by atoms with Crippen molar-refractivity contribution in [2.75, 3.05) is 7.11 Å². The fourth-order valence-electron chi connectivity index (χ4n) is 3.67. The Balaban J connectivity index is 1.80. The minimum atomic E-state index is -0.487. The van der Waals surface area contributed by atoms with Crippen molar-refractivity contribution < 1.29 is 4.74 Å². The van der Waals surface area contributed by atoms with Gasteiger partial charge in [-0.3, -0.25) is 4.79 Å². The highest BCUT2D eigenvalue weighted by Gasteiger charge is 2.18. The van der Waals surface area contributed by atoms with E-state index in [0.717, 1.165) is 15.6 Å². The van der Waals surface area contributed by atoms with Crippen LogP contribution in [0, 0.1) is 0 Å². The van der Waals surface area contributed by atoms with Crippen molar-refractivity contribution in [3.63, 3.8) is 0 Å². The molecule has 0 atom stereocenters. The largest absolute Gasteiger partial charge is 0.496 e. The molecule has 0 spiro atoms. The van der Waals surface area contributed by atoms with Crippen molar-refractivity contribution in [3.8, 4) is 21.9 Å². The third kappa shape index (κ3) is 2.84. The van der Waals surface area contributed by atoms with E-state index in [0.29, 0.717) is 32.2 Å². The molecule has 0 fully saturated rings. The first kappa shape index (κ1) is 18.7. The summed E-state index contributed by atoms with van der Waals surface area (Å²) >= 11 is 7.68. The molecule has 3 aromatic carbocycles. The molecule has 148 valence electrons. The number of aromatic amines is 1. The van der Waals surface area contributed by atoms with Gasteiger partial charge in [0.15, 0.2) is 0 Å². The van der Waals surface area contributed by atoms with Gasteiger partial charge in [0.25, 0.3) is 5.56 Å². The summed E-state index contributed by atoms with van der Waals surface area (Å²) < 4.78 is 7.07. The molecule has 0 aliphatic rings. The number of methoxy groups -OCH3 is 1. The number of fused-ring (bicyclic) bond motifs is 2. The number of nitrogens with one attached hydrogen (secondary N) is 1. The Labute approximate surface area is 179 Å². The average Bonchev–Trinajstić information content (AvgIpc) is 3.17. The van der Waals surface area contributed by atoms with Crippen LogP contribution in [0.1, 0.15) is 0 Å². The quantitative estimate of drug-likeness (QED) is 0.423. The van der Waals surface area contributed by atoms with Crippen LogP contribution in [0.25, 0.3) is 37.1 Å². The average molecular weight is 435 g/mol. The first-order valence-electron chi connectivity index (χ1n) is 9.18. The minimum absolute atomic E-state index is 0.368. The monoisotopic (exact) mass is 434 g/mol. The van der Waals surface area contributed by atoms with Crippen molar-refractivity contribution in [3.05, 3.63) is 92.6 Å². The number of rotatable bonds is 3. The fourth-order valence-corrected chi connectivity index (χ4v) is 5.10. The van der Waals surface area contributed by atoms with E-state index >= 15 is 0 Å². The number of hydrogen-bond acceptors (Lipinski definition) is 4. The summed E-state index contributed by atoms with van der Waals surface area (Å²) in [7, 11) is 1.57. The first-order valence-corrected chi connectivity index (χ1v) is 10.4. The molecule has 5 aromatic rings. The third-order valence-corrected chi connectivity index (χ3v) is 6.48. The van der Waals surface area contributed by atoms with Gasteiger partial charge in [-0.15, -0.1) is 11.3 Å². The number of aromatic nitrogens is 2. The molecule has 0 saturated carbocycles. The van der Waals surface area contributed by atoms with Crippen LogP contribution >= 0.6 is 22.9 Å². The molecule has 5 nitrogen and oxygen atoms in total. The smallest absolute Gasteiger partial charge is 0.333 e. The van der Waals surface area contributed by atoms with Crippen LogP contribution in [0.2, 0.25) is 5.02 Å². The summed E-state index contributed by atoms with van der Waals surface area (Å²) in [6.45, 7) is 0. The Morgan fingerprint density at radius 1 is 1.00 bits per heavy atom. The second kappa shape index (κ2) is 7.16. The van der Waals surface area contributed by atoms with Crippen molar-refractivity contribution in [2.24, 2.45) is 0 Å². The van der Waals surface area contributed by atoms with Crippen molar-refractivity contribution in [1.29, 1.82) is 0 Å². The first-order chi connectivity index (χ1) is 14.6. The second-order valence-electron chi connectivity index (χ2n) is 6.74. The molecular weight excluding hydrogens is 420 g/mol. The maximum Gasteiger partial charge on any atom is 0.333 e. The SMILES string of the molecule is COc1cccc(Cl)c1-c1cc2[nH]c(=O)n(-c3cccc4ccccc34)c(=O)c2s1. The van der Waals surface area contributed by atoms with E-state index in [1.165, 1.54) is 15.9 Å². The minimum Gasteiger partial charge on any atom is -0.496 e. The Hall–Kier alpha value is -3.35. The van der Waals surface area contributed by atoms with Gasteiger partial charge >= 0.3 is 5.69 Å². The zero-order valence-corrected chi connectivity index (χ0v) is 17.4. The molecule has 0 aliphatic carbocycles. The number of benzene rings is 3. The van der Waals surface area contributed by atoms with E-state index in [2.05, 4.69) is 4.98 Å². The van der Waals surface area contributed by atoms with Crippen LogP contribution in [0.4, 0.5) is 0 Å². The maximum absolute atomic E-state index is 13.4. The van der Waals surface area contributed by atoms with Crippen LogP contribution in [0.15, 0.2) is 76.3 Å².